The number of carbonyl (C=O) groups is 2. The molecule has 0 unspecified atom stereocenters. The molecule has 2 aliphatic rings. The lowest BCUT2D eigenvalue weighted by Crippen LogP contribution is -2.50. The molecule has 0 atom stereocenters. The number of carbonyl (C=O) groups excluding carboxylic acids is 2. The Bertz CT molecular complexity index is 918. The van der Waals surface area contributed by atoms with Crippen LogP contribution in [0.2, 0.25) is 0 Å². The molecule has 1 aromatic heterocycles. The molecular weight excluding hydrogens is 456 g/mol. The minimum absolute atomic E-state index is 0.0404. The number of urea groups is 1. The van der Waals surface area contributed by atoms with E-state index in [2.05, 4.69) is 31.9 Å². The minimum atomic E-state index is -0.187. The molecule has 0 radical (unpaired) electrons. The van der Waals surface area contributed by atoms with Crippen LogP contribution in [0, 0.1) is 0 Å². The summed E-state index contributed by atoms with van der Waals surface area (Å²) >= 11 is 3.45. The third-order valence-corrected chi connectivity index (χ3v) is 6.84. The highest BCUT2D eigenvalue weighted by Crippen LogP contribution is 2.30. The number of nitrogens with zero attached hydrogens (tertiary/aromatic N) is 3. The Hall–Kier alpha value is -2.28. The monoisotopic (exact) mass is 486 g/mol. The number of halogens is 1. The van der Waals surface area contributed by atoms with Gasteiger partial charge in [-0.2, -0.15) is 0 Å². The van der Waals surface area contributed by atoms with Crippen LogP contribution >= 0.6 is 15.9 Å². The molecule has 1 aromatic carbocycles. The predicted molar refractivity (Wildman–Crippen MR) is 126 cm³/mol. The highest BCUT2D eigenvalue weighted by Gasteiger charge is 2.35. The second-order valence-electron chi connectivity index (χ2n) is 8.72. The van der Waals surface area contributed by atoms with Crippen LogP contribution in [-0.2, 0) is 18.4 Å². The number of rotatable bonds is 7. The standard InChI is InChI=1S/C24H31BrN4O2/c1-27-14-6-11-22(27)16-28(21-12-13-21)23(30)17-29(20-9-3-2-4-10-20)24(31)26-19-8-5-7-18(25)15-19/h5-8,11,14-15,20-21H,2-4,9-10,12-13,16-17H2,1H3,(H,26,31). The van der Waals surface area contributed by atoms with E-state index in [0.29, 0.717) is 12.6 Å². The van der Waals surface area contributed by atoms with Crippen molar-refractivity contribution in [2.45, 2.75) is 63.6 Å². The van der Waals surface area contributed by atoms with Crippen LogP contribution in [0.25, 0.3) is 0 Å². The first kappa shape index (κ1) is 21.9. The zero-order valence-electron chi connectivity index (χ0n) is 18.1. The van der Waals surface area contributed by atoms with Crippen molar-refractivity contribution in [3.05, 3.63) is 52.8 Å². The zero-order valence-corrected chi connectivity index (χ0v) is 19.7. The van der Waals surface area contributed by atoms with Gasteiger partial charge in [-0.15, -0.1) is 0 Å². The number of aromatic nitrogens is 1. The summed E-state index contributed by atoms with van der Waals surface area (Å²) in [6, 6.07) is 11.9. The largest absolute Gasteiger partial charge is 0.353 e. The normalized spacial score (nSPS) is 16.7. The average molecular weight is 487 g/mol. The summed E-state index contributed by atoms with van der Waals surface area (Å²) in [6.07, 6.45) is 9.43. The summed E-state index contributed by atoms with van der Waals surface area (Å²) in [7, 11) is 2.00. The molecule has 6 nitrogen and oxygen atoms in total. The fourth-order valence-electron chi connectivity index (χ4n) is 4.40. The Morgan fingerprint density at radius 3 is 2.42 bits per heavy atom. The molecule has 0 aliphatic heterocycles. The van der Waals surface area contributed by atoms with Crippen molar-refractivity contribution >= 4 is 33.6 Å². The fraction of sp³-hybridized carbons (Fsp3) is 0.500. The summed E-state index contributed by atoms with van der Waals surface area (Å²) in [5.41, 5.74) is 1.85. The smallest absolute Gasteiger partial charge is 0.322 e. The van der Waals surface area contributed by atoms with Crippen LogP contribution in [0.1, 0.15) is 50.6 Å². The lowest BCUT2D eigenvalue weighted by Gasteiger charge is -2.35. The minimum Gasteiger partial charge on any atom is -0.353 e. The molecule has 1 heterocycles. The van der Waals surface area contributed by atoms with Crippen molar-refractivity contribution in [2.75, 3.05) is 11.9 Å². The molecule has 2 aromatic rings. The van der Waals surface area contributed by atoms with E-state index in [1.165, 1.54) is 6.42 Å². The summed E-state index contributed by atoms with van der Waals surface area (Å²) in [5.74, 6) is 0.0404. The van der Waals surface area contributed by atoms with E-state index >= 15 is 0 Å². The van der Waals surface area contributed by atoms with Crippen LogP contribution in [0.15, 0.2) is 47.1 Å². The maximum atomic E-state index is 13.4. The van der Waals surface area contributed by atoms with Gasteiger partial charge in [0, 0.05) is 41.2 Å². The van der Waals surface area contributed by atoms with Gasteiger partial charge in [0.25, 0.3) is 0 Å². The highest BCUT2D eigenvalue weighted by atomic mass is 79.9. The highest BCUT2D eigenvalue weighted by molar-refractivity contribution is 9.10. The van der Waals surface area contributed by atoms with Crippen LogP contribution in [0.4, 0.5) is 10.5 Å². The Kier molecular flexibility index (Phi) is 7.00. The van der Waals surface area contributed by atoms with Gasteiger partial charge in [0.05, 0.1) is 6.54 Å². The number of hydrogen-bond acceptors (Lipinski definition) is 2. The summed E-state index contributed by atoms with van der Waals surface area (Å²) < 4.78 is 2.97. The molecule has 2 saturated carbocycles. The number of amides is 3. The number of aryl methyl sites for hydroxylation is 1. The van der Waals surface area contributed by atoms with Crippen LogP contribution in [0.5, 0.6) is 0 Å². The molecule has 3 amide bonds. The number of nitrogens with one attached hydrogen (secondary N) is 1. The molecule has 0 saturated heterocycles. The van der Waals surface area contributed by atoms with Crippen molar-refractivity contribution in [1.29, 1.82) is 0 Å². The second kappa shape index (κ2) is 9.90. The molecule has 4 rings (SSSR count). The van der Waals surface area contributed by atoms with Gasteiger partial charge in [0.2, 0.25) is 5.91 Å². The van der Waals surface area contributed by atoms with Crippen molar-refractivity contribution in [1.82, 2.24) is 14.4 Å². The van der Waals surface area contributed by atoms with Gasteiger partial charge in [-0.25, -0.2) is 4.79 Å². The molecule has 166 valence electrons. The maximum Gasteiger partial charge on any atom is 0.322 e. The van der Waals surface area contributed by atoms with Gasteiger partial charge in [0.15, 0.2) is 0 Å². The SMILES string of the molecule is Cn1cccc1CN(C(=O)CN(C(=O)Nc1cccc(Br)c1)C1CCCCC1)C1CC1. The van der Waals surface area contributed by atoms with Gasteiger partial charge in [-0.3, -0.25) is 4.79 Å². The van der Waals surface area contributed by atoms with Crippen LogP contribution < -0.4 is 5.32 Å². The lowest BCUT2D eigenvalue weighted by molar-refractivity contribution is -0.133. The van der Waals surface area contributed by atoms with Crippen molar-refractivity contribution in [3.63, 3.8) is 0 Å². The summed E-state index contributed by atoms with van der Waals surface area (Å²) in [6.45, 7) is 0.726. The lowest BCUT2D eigenvalue weighted by atomic mass is 9.94. The fourth-order valence-corrected chi connectivity index (χ4v) is 4.80. The topological polar surface area (TPSA) is 57.6 Å². The summed E-state index contributed by atoms with van der Waals surface area (Å²) in [5, 5.41) is 3.01. The van der Waals surface area contributed by atoms with E-state index in [9.17, 15) is 9.59 Å². The Morgan fingerprint density at radius 1 is 1.03 bits per heavy atom. The van der Waals surface area contributed by atoms with Crippen LogP contribution in [-0.4, -0.2) is 44.9 Å². The molecule has 0 spiro atoms. The third-order valence-electron chi connectivity index (χ3n) is 6.35. The van der Waals surface area contributed by atoms with E-state index in [1.54, 1.807) is 4.90 Å². The van der Waals surface area contributed by atoms with Crippen LogP contribution in [0.3, 0.4) is 0 Å². The Balaban J connectivity index is 1.49. The molecule has 1 N–H and O–H groups in total. The first-order chi connectivity index (χ1) is 15.0. The average Bonchev–Trinajstić information content (AvgIpc) is 3.52. The molecule has 2 fully saturated rings. The van der Waals surface area contributed by atoms with E-state index in [0.717, 1.165) is 54.4 Å². The van der Waals surface area contributed by atoms with E-state index in [1.807, 2.05) is 48.5 Å². The molecule has 0 bridgehead atoms. The summed E-state index contributed by atoms with van der Waals surface area (Å²) in [4.78, 5) is 30.4. The predicted octanol–water partition coefficient (Wildman–Crippen LogP) is 5.15. The van der Waals surface area contributed by atoms with Gasteiger partial charge in [-0.05, 0) is 56.0 Å². The van der Waals surface area contributed by atoms with E-state index < -0.39 is 0 Å². The van der Waals surface area contributed by atoms with Gasteiger partial charge >= 0.3 is 6.03 Å². The Labute approximate surface area is 192 Å². The van der Waals surface area contributed by atoms with Crippen molar-refractivity contribution < 1.29 is 9.59 Å². The molecule has 7 heteroatoms. The first-order valence-electron chi connectivity index (χ1n) is 11.2. The number of anilines is 1. The van der Waals surface area contributed by atoms with E-state index in [4.69, 9.17) is 0 Å². The van der Waals surface area contributed by atoms with E-state index in [-0.39, 0.29) is 24.5 Å². The molecule has 2 aliphatic carbocycles. The van der Waals surface area contributed by atoms with Gasteiger partial charge in [0.1, 0.15) is 6.54 Å². The van der Waals surface area contributed by atoms with Crippen molar-refractivity contribution in [2.24, 2.45) is 7.05 Å². The quantitative estimate of drug-likeness (QED) is 0.588. The second-order valence-corrected chi connectivity index (χ2v) is 9.64. The third kappa shape index (κ3) is 5.70. The van der Waals surface area contributed by atoms with Gasteiger partial charge in [-0.1, -0.05) is 41.3 Å². The molecular formula is C24H31BrN4O2. The first-order valence-corrected chi connectivity index (χ1v) is 12.0. The maximum absolute atomic E-state index is 13.4. The number of benzene rings is 1. The van der Waals surface area contributed by atoms with Gasteiger partial charge < -0.3 is 19.7 Å². The number of hydrogen-bond donors (Lipinski definition) is 1. The van der Waals surface area contributed by atoms with Crippen molar-refractivity contribution in [3.8, 4) is 0 Å². The zero-order chi connectivity index (χ0) is 21.8. The molecule has 31 heavy (non-hydrogen) atoms. The Morgan fingerprint density at radius 2 is 1.77 bits per heavy atom.